The zero-order valence-electron chi connectivity index (χ0n) is 15.0. The number of ether oxygens (including phenoxy) is 1. The van der Waals surface area contributed by atoms with Crippen molar-refractivity contribution < 1.29 is 9.53 Å². The van der Waals surface area contributed by atoms with Crippen LogP contribution in [0.5, 0.6) is 5.75 Å². The molecule has 132 valence electrons. The average Bonchev–Trinajstić information content (AvgIpc) is 2.67. The molecule has 0 spiro atoms. The largest absolute Gasteiger partial charge is 0.496 e. The summed E-state index contributed by atoms with van der Waals surface area (Å²) in [4.78, 5) is 15.0. The number of hydrogen-bond acceptors (Lipinski definition) is 2. The van der Waals surface area contributed by atoms with Gasteiger partial charge in [-0.3, -0.25) is 4.79 Å². The fourth-order valence-corrected chi connectivity index (χ4v) is 3.72. The molecule has 1 atom stereocenters. The summed E-state index contributed by atoms with van der Waals surface area (Å²) in [5.74, 6) is 1.14. The molecule has 1 amide bonds. The van der Waals surface area contributed by atoms with Crippen molar-refractivity contribution in [3.05, 3.63) is 65.7 Å². The van der Waals surface area contributed by atoms with Crippen LogP contribution in [0.25, 0.3) is 0 Å². The van der Waals surface area contributed by atoms with Crippen LogP contribution in [0, 0.1) is 0 Å². The van der Waals surface area contributed by atoms with Gasteiger partial charge in [0.25, 0.3) is 0 Å². The molecule has 0 N–H and O–H groups in total. The number of carbonyl (C=O) groups excluding carboxylic acids is 1. The average molecular weight is 337 g/mol. The van der Waals surface area contributed by atoms with Crippen LogP contribution in [0.15, 0.2) is 54.6 Å². The van der Waals surface area contributed by atoms with E-state index in [1.54, 1.807) is 7.11 Å². The third kappa shape index (κ3) is 4.62. The Morgan fingerprint density at radius 2 is 1.84 bits per heavy atom. The van der Waals surface area contributed by atoms with E-state index in [4.69, 9.17) is 4.74 Å². The SMILES string of the molecule is COc1ccccc1CCC(=O)N1CCCCC1Cc1ccccc1. The molecule has 1 heterocycles. The van der Waals surface area contributed by atoms with Gasteiger partial charge in [-0.2, -0.15) is 0 Å². The van der Waals surface area contributed by atoms with Crippen LogP contribution in [0.4, 0.5) is 0 Å². The highest BCUT2D eigenvalue weighted by Gasteiger charge is 2.26. The maximum Gasteiger partial charge on any atom is 0.223 e. The van der Waals surface area contributed by atoms with Crippen molar-refractivity contribution in [3.63, 3.8) is 0 Å². The van der Waals surface area contributed by atoms with Crippen LogP contribution < -0.4 is 4.74 Å². The molecular formula is C22H27NO2. The summed E-state index contributed by atoms with van der Waals surface area (Å²) in [5, 5.41) is 0. The van der Waals surface area contributed by atoms with Gasteiger partial charge in [-0.1, -0.05) is 48.5 Å². The molecule has 0 aliphatic carbocycles. The van der Waals surface area contributed by atoms with Crippen LogP contribution in [-0.2, 0) is 17.6 Å². The highest BCUT2D eigenvalue weighted by Crippen LogP contribution is 2.23. The first-order valence-electron chi connectivity index (χ1n) is 9.23. The molecule has 3 heteroatoms. The Labute approximate surface area is 150 Å². The van der Waals surface area contributed by atoms with E-state index >= 15 is 0 Å². The van der Waals surface area contributed by atoms with Crippen molar-refractivity contribution in [3.8, 4) is 5.75 Å². The number of hydrogen-bond donors (Lipinski definition) is 0. The van der Waals surface area contributed by atoms with Crippen molar-refractivity contribution in [1.82, 2.24) is 4.90 Å². The quantitative estimate of drug-likeness (QED) is 0.788. The molecule has 1 unspecified atom stereocenters. The van der Waals surface area contributed by atoms with Gasteiger partial charge in [0.05, 0.1) is 7.11 Å². The first-order valence-corrected chi connectivity index (χ1v) is 9.23. The van der Waals surface area contributed by atoms with Gasteiger partial charge in [0.15, 0.2) is 0 Å². The van der Waals surface area contributed by atoms with Gasteiger partial charge >= 0.3 is 0 Å². The number of carbonyl (C=O) groups is 1. The van der Waals surface area contributed by atoms with E-state index in [0.29, 0.717) is 12.5 Å². The fraction of sp³-hybridized carbons (Fsp3) is 0.409. The van der Waals surface area contributed by atoms with Gasteiger partial charge in [0.2, 0.25) is 5.91 Å². The third-order valence-corrected chi connectivity index (χ3v) is 5.06. The number of piperidine rings is 1. The highest BCUT2D eigenvalue weighted by atomic mass is 16.5. The Balaban J connectivity index is 1.62. The molecule has 1 aliphatic rings. The molecule has 1 saturated heterocycles. The third-order valence-electron chi connectivity index (χ3n) is 5.06. The second kappa shape index (κ2) is 8.70. The fourth-order valence-electron chi connectivity index (χ4n) is 3.72. The Kier molecular flexibility index (Phi) is 6.10. The predicted molar refractivity (Wildman–Crippen MR) is 101 cm³/mol. The lowest BCUT2D eigenvalue weighted by Gasteiger charge is -2.36. The van der Waals surface area contributed by atoms with E-state index in [0.717, 1.165) is 43.5 Å². The zero-order chi connectivity index (χ0) is 17.5. The zero-order valence-corrected chi connectivity index (χ0v) is 15.0. The number of benzene rings is 2. The van der Waals surface area contributed by atoms with Crippen molar-refractivity contribution in [1.29, 1.82) is 0 Å². The summed E-state index contributed by atoms with van der Waals surface area (Å²) >= 11 is 0. The second-order valence-electron chi connectivity index (χ2n) is 6.74. The van der Waals surface area contributed by atoms with Crippen molar-refractivity contribution in [2.24, 2.45) is 0 Å². The Morgan fingerprint density at radius 1 is 1.08 bits per heavy atom. The normalized spacial score (nSPS) is 17.3. The van der Waals surface area contributed by atoms with Crippen LogP contribution in [-0.4, -0.2) is 30.5 Å². The smallest absolute Gasteiger partial charge is 0.223 e. The summed E-state index contributed by atoms with van der Waals surface area (Å²) in [7, 11) is 1.68. The Bertz CT molecular complexity index is 683. The van der Waals surface area contributed by atoms with Crippen LogP contribution in [0.1, 0.15) is 36.8 Å². The molecule has 0 saturated carbocycles. The van der Waals surface area contributed by atoms with Crippen LogP contribution in [0.3, 0.4) is 0 Å². The number of rotatable bonds is 6. The van der Waals surface area contributed by atoms with E-state index in [2.05, 4.69) is 29.2 Å². The number of nitrogens with zero attached hydrogens (tertiary/aromatic N) is 1. The minimum absolute atomic E-state index is 0.270. The van der Waals surface area contributed by atoms with E-state index in [9.17, 15) is 4.79 Å². The Morgan fingerprint density at radius 3 is 2.64 bits per heavy atom. The lowest BCUT2D eigenvalue weighted by atomic mass is 9.95. The molecule has 2 aromatic rings. The van der Waals surface area contributed by atoms with Crippen LogP contribution >= 0.6 is 0 Å². The van der Waals surface area contributed by atoms with Gasteiger partial charge in [0, 0.05) is 19.0 Å². The molecule has 0 bridgehead atoms. The molecule has 0 aromatic heterocycles. The minimum Gasteiger partial charge on any atom is -0.496 e. The lowest BCUT2D eigenvalue weighted by molar-refractivity contribution is -0.134. The second-order valence-corrected chi connectivity index (χ2v) is 6.74. The molecule has 0 radical (unpaired) electrons. The topological polar surface area (TPSA) is 29.5 Å². The number of amides is 1. The summed E-state index contributed by atoms with van der Waals surface area (Å²) in [6.45, 7) is 0.891. The van der Waals surface area contributed by atoms with E-state index < -0.39 is 0 Å². The molecule has 2 aromatic carbocycles. The molecule has 3 nitrogen and oxygen atoms in total. The summed E-state index contributed by atoms with van der Waals surface area (Å²) in [5.41, 5.74) is 2.42. The predicted octanol–water partition coefficient (Wildman–Crippen LogP) is 4.25. The van der Waals surface area contributed by atoms with Crippen LogP contribution in [0.2, 0.25) is 0 Å². The molecule has 25 heavy (non-hydrogen) atoms. The van der Waals surface area contributed by atoms with E-state index in [1.807, 2.05) is 30.3 Å². The van der Waals surface area contributed by atoms with E-state index in [1.165, 1.54) is 12.0 Å². The summed E-state index contributed by atoms with van der Waals surface area (Å²) < 4.78 is 5.40. The summed E-state index contributed by atoms with van der Waals surface area (Å²) in [6, 6.07) is 18.8. The van der Waals surface area contributed by atoms with E-state index in [-0.39, 0.29) is 5.91 Å². The number of methoxy groups -OCH3 is 1. The number of para-hydroxylation sites is 1. The Hall–Kier alpha value is -2.29. The monoisotopic (exact) mass is 337 g/mol. The highest BCUT2D eigenvalue weighted by molar-refractivity contribution is 5.77. The van der Waals surface area contributed by atoms with Gasteiger partial charge in [-0.25, -0.2) is 0 Å². The maximum absolute atomic E-state index is 12.9. The standard InChI is InChI=1S/C22H27NO2/c1-25-21-13-6-5-11-19(21)14-15-22(24)23-16-8-7-12-20(23)17-18-9-3-2-4-10-18/h2-6,9-11,13,20H,7-8,12,14-17H2,1H3. The first kappa shape index (κ1) is 17.5. The molecule has 1 aliphatic heterocycles. The maximum atomic E-state index is 12.9. The van der Waals surface area contributed by atoms with Crippen molar-refractivity contribution in [2.75, 3.05) is 13.7 Å². The molecule has 3 rings (SSSR count). The molecule has 1 fully saturated rings. The van der Waals surface area contributed by atoms with Gasteiger partial charge in [-0.15, -0.1) is 0 Å². The van der Waals surface area contributed by atoms with Gasteiger partial charge < -0.3 is 9.64 Å². The first-order chi connectivity index (χ1) is 12.3. The van der Waals surface area contributed by atoms with Gasteiger partial charge in [0.1, 0.15) is 5.75 Å². The minimum atomic E-state index is 0.270. The van der Waals surface area contributed by atoms with Crippen molar-refractivity contribution in [2.45, 2.75) is 44.6 Å². The summed E-state index contributed by atoms with van der Waals surface area (Å²) in [6.07, 6.45) is 5.68. The van der Waals surface area contributed by atoms with Gasteiger partial charge in [-0.05, 0) is 49.3 Å². The molecular weight excluding hydrogens is 310 g/mol. The number of likely N-dealkylation sites (tertiary alicyclic amines) is 1. The van der Waals surface area contributed by atoms with Crippen molar-refractivity contribution >= 4 is 5.91 Å². The lowest BCUT2D eigenvalue weighted by Crippen LogP contribution is -2.45. The number of aryl methyl sites for hydroxylation is 1.